The summed E-state index contributed by atoms with van der Waals surface area (Å²) in [4.78, 5) is 18.3. The Morgan fingerprint density at radius 2 is 2.09 bits per heavy atom. The summed E-state index contributed by atoms with van der Waals surface area (Å²) in [6.07, 6.45) is 9.72. The summed E-state index contributed by atoms with van der Waals surface area (Å²) in [5.41, 5.74) is 3.76. The van der Waals surface area contributed by atoms with Crippen LogP contribution < -0.4 is 4.74 Å². The maximum atomic E-state index is 11.3. The molecular weight excluding hydrogens is 444 g/mol. The van der Waals surface area contributed by atoms with E-state index in [1.54, 1.807) is 18.4 Å². The highest BCUT2D eigenvalue weighted by Gasteiger charge is 2.29. The number of thiophene rings is 1. The van der Waals surface area contributed by atoms with Gasteiger partial charge in [-0.3, -0.25) is 9.78 Å². The minimum Gasteiger partial charge on any atom is -0.497 e. The van der Waals surface area contributed by atoms with Gasteiger partial charge in [-0.15, -0.1) is 0 Å². The maximum Gasteiger partial charge on any atom is 0.303 e. The van der Waals surface area contributed by atoms with Crippen LogP contribution in [0.2, 0.25) is 0 Å². The van der Waals surface area contributed by atoms with E-state index in [-0.39, 0.29) is 6.42 Å². The molecule has 1 aliphatic rings. The zero-order valence-corrected chi connectivity index (χ0v) is 20.9. The first-order chi connectivity index (χ1) is 16.6. The largest absolute Gasteiger partial charge is 0.497 e. The first kappa shape index (κ1) is 24.7. The number of carbonyl (C=O) groups is 1. The number of aliphatic carboxylic acids is 1. The van der Waals surface area contributed by atoms with Crippen LogP contribution in [0.4, 0.5) is 0 Å². The second-order valence-electron chi connectivity index (χ2n) is 9.52. The van der Waals surface area contributed by atoms with E-state index in [1.165, 1.54) is 29.4 Å². The Kier molecular flexibility index (Phi) is 8.94. The summed E-state index contributed by atoms with van der Waals surface area (Å²) in [5.74, 6) is 1.27. The van der Waals surface area contributed by atoms with Crippen molar-refractivity contribution in [2.24, 2.45) is 11.8 Å². The highest BCUT2D eigenvalue weighted by molar-refractivity contribution is 7.07. The average molecular weight is 481 g/mol. The lowest BCUT2D eigenvalue weighted by molar-refractivity contribution is -0.137. The highest BCUT2D eigenvalue weighted by atomic mass is 32.1. The molecule has 1 aromatic carbocycles. The molecule has 2 aromatic heterocycles. The molecule has 0 bridgehead atoms. The van der Waals surface area contributed by atoms with Gasteiger partial charge in [-0.2, -0.15) is 11.3 Å². The summed E-state index contributed by atoms with van der Waals surface area (Å²) >= 11 is 1.76. The van der Waals surface area contributed by atoms with E-state index in [0.29, 0.717) is 11.8 Å². The Balaban J connectivity index is 1.32. The first-order valence-corrected chi connectivity index (χ1v) is 13.4. The molecule has 1 saturated heterocycles. The fourth-order valence-corrected chi connectivity index (χ4v) is 6.10. The van der Waals surface area contributed by atoms with Crippen LogP contribution in [0.5, 0.6) is 5.75 Å². The number of rotatable bonds is 12. The van der Waals surface area contributed by atoms with Gasteiger partial charge >= 0.3 is 5.97 Å². The van der Waals surface area contributed by atoms with Gasteiger partial charge in [0.15, 0.2) is 0 Å². The van der Waals surface area contributed by atoms with Gasteiger partial charge in [-0.1, -0.05) is 0 Å². The van der Waals surface area contributed by atoms with E-state index in [2.05, 4.69) is 38.8 Å². The topological polar surface area (TPSA) is 62.7 Å². The summed E-state index contributed by atoms with van der Waals surface area (Å²) in [6, 6.07) is 10.4. The van der Waals surface area contributed by atoms with E-state index < -0.39 is 5.97 Å². The molecule has 2 unspecified atom stereocenters. The van der Waals surface area contributed by atoms with E-state index in [4.69, 9.17) is 4.74 Å². The molecular formula is C28H36N2O3S. The number of aromatic nitrogens is 1. The zero-order chi connectivity index (χ0) is 23.8. The van der Waals surface area contributed by atoms with Gasteiger partial charge in [0.05, 0.1) is 12.6 Å². The molecule has 2 atom stereocenters. The van der Waals surface area contributed by atoms with E-state index in [0.717, 1.165) is 63.0 Å². The fraction of sp³-hybridized carbons (Fsp3) is 0.500. The molecule has 0 spiro atoms. The summed E-state index contributed by atoms with van der Waals surface area (Å²) in [5, 5.41) is 14.8. The highest BCUT2D eigenvalue weighted by Crippen LogP contribution is 2.32. The van der Waals surface area contributed by atoms with E-state index >= 15 is 0 Å². The summed E-state index contributed by atoms with van der Waals surface area (Å²) < 4.78 is 5.42. The van der Waals surface area contributed by atoms with Crippen LogP contribution in [0.25, 0.3) is 10.9 Å². The van der Waals surface area contributed by atoms with Gasteiger partial charge in [0.2, 0.25) is 0 Å². The van der Waals surface area contributed by atoms with Gasteiger partial charge in [-0.25, -0.2) is 0 Å². The number of fused-ring (bicyclic) bond motifs is 1. The number of nitrogens with zero attached hydrogens (tertiary/aromatic N) is 2. The van der Waals surface area contributed by atoms with Gasteiger partial charge in [0.25, 0.3) is 0 Å². The van der Waals surface area contributed by atoms with Crippen molar-refractivity contribution in [3.63, 3.8) is 0 Å². The van der Waals surface area contributed by atoms with Crippen LogP contribution in [-0.4, -0.2) is 47.7 Å². The molecule has 3 aromatic rings. The van der Waals surface area contributed by atoms with Crippen LogP contribution >= 0.6 is 11.3 Å². The van der Waals surface area contributed by atoms with Crippen molar-refractivity contribution in [3.05, 3.63) is 58.4 Å². The number of pyridine rings is 1. The van der Waals surface area contributed by atoms with Crippen LogP contribution in [0, 0.1) is 11.8 Å². The number of piperidine rings is 1. The molecule has 0 aliphatic carbocycles. The Morgan fingerprint density at radius 3 is 2.88 bits per heavy atom. The van der Waals surface area contributed by atoms with Crippen molar-refractivity contribution < 1.29 is 14.6 Å². The number of benzene rings is 1. The third-order valence-corrected chi connectivity index (χ3v) is 8.02. The van der Waals surface area contributed by atoms with Crippen molar-refractivity contribution >= 4 is 28.2 Å². The van der Waals surface area contributed by atoms with Crippen LogP contribution in [0.3, 0.4) is 0 Å². The molecule has 0 saturated carbocycles. The van der Waals surface area contributed by atoms with Gasteiger partial charge < -0.3 is 14.7 Å². The average Bonchev–Trinajstić information content (AvgIpc) is 3.37. The van der Waals surface area contributed by atoms with Crippen molar-refractivity contribution in [1.29, 1.82) is 0 Å². The first-order valence-electron chi connectivity index (χ1n) is 12.5. The van der Waals surface area contributed by atoms with Crippen molar-refractivity contribution in [3.8, 4) is 5.75 Å². The Hall–Kier alpha value is -2.44. The lowest BCUT2D eigenvalue weighted by Gasteiger charge is -2.39. The molecule has 3 heterocycles. The molecule has 0 radical (unpaired) electrons. The monoisotopic (exact) mass is 480 g/mol. The minimum absolute atomic E-state index is 0.276. The number of likely N-dealkylation sites (tertiary alicyclic amines) is 1. The van der Waals surface area contributed by atoms with Crippen molar-refractivity contribution in [2.75, 3.05) is 26.7 Å². The van der Waals surface area contributed by atoms with Crippen molar-refractivity contribution in [2.45, 2.75) is 51.4 Å². The minimum atomic E-state index is -0.675. The standard InChI is InChI=1S/C28H36N2O3S/c1-33-25-8-9-27-26(18-25)23(11-14-29-27)6-2-5-22-12-16-30(19-24(22)7-10-28(31)32)15-3-4-21-13-17-34-20-21/h8-9,11,13-14,17-18,20,22,24H,2-7,10,12,15-16,19H2,1H3,(H,31,32). The Morgan fingerprint density at radius 1 is 1.18 bits per heavy atom. The molecule has 34 heavy (non-hydrogen) atoms. The number of aryl methyl sites for hydroxylation is 2. The lowest BCUT2D eigenvalue weighted by atomic mass is 9.79. The number of ether oxygens (including phenoxy) is 1. The van der Waals surface area contributed by atoms with Crippen LogP contribution in [0.15, 0.2) is 47.3 Å². The molecule has 182 valence electrons. The number of hydrogen-bond acceptors (Lipinski definition) is 5. The lowest BCUT2D eigenvalue weighted by Crippen LogP contribution is -2.41. The summed E-state index contributed by atoms with van der Waals surface area (Å²) in [6.45, 7) is 3.28. The van der Waals surface area contributed by atoms with Crippen molar-refractivity contribution in [1.82, 2.24) is 9.88 Å². The predicted octanol–water partition coefficient (Wildman–Crippen LogP) is 6.06. The predicted molar refractivity (Wildman–Crippen MR) is 139 cm³/mol. The number of carboxylic acids is 1. The Labute approximate surface area is 206 Å². The van der Waals surface area contributed by atoms with E-state index in [9.17, 15) is 9.90 Å². The number of hydrogen-bond donors (Lipinski definition) is 1. The normalized spacial score (nSPS) is 18.9. The molecule has 1 aliphatic heterocycles. The molecule has 5 nitrogen and oxygen atoms in total. The van der Waals surface area contributed by atoms with Gasteiger partial charge in [-0.05, 0) is 122 Å². The molecule has 6 heteroatoms. The third-order valence-electron chi connectivity index (χ3n) is 7.28. The second-order valence-corrected chi connectivity index (χ2v) is 10.3. The van der Waals surface area contributed by atoms with Crippen LogP contribution in [0.1, 0.15) is 49.7 Å². The fourth-order valence-electron chi connectivity index (χ4n) is 5.40. The molecule has 4 rings (SSSR count). The smallest absolute Gasteiger partial charge is 0.303 e. The van der Waals surface area contributed by atoms with Gasteiger partial charge in [0, 0.05) is 24.5 Å². The summed E-state index contributed by atoms with van der Waals surface area (Å²) in [7, 11) is 1.70. The van der Waals surface area contributed by atoms with E-state index in [1.807, 2.05) is 18.3 Å². The van der Waals surface area contributed by atoms with Gasteiger partial charge in [0.1, 0.15) is 5.75 Å². The Bertz CT molecular complexity index is 1050. The molecule has 0 amide bonds. The maximum absolute atomic E-state index is 11.3. The third kappa shape index (κ3) is 6.80. The molecule has 1 N–H and O–H groups in total. The number of methoxy groups -OCH3 is 1. The molecule has 1 fully saturated rings. The quantitative estimate of drug-likeness (QED) is 0.341. The van der Waals surface area contributed by atoms with Crippen LogP contribution in [-0.2, 0) is 17.6 Å². The number of carboxylic acid groups (broad SMARTS) is 1. The second kappa shape index (κ2) is 12.3. The SMILES string of the molecule is COc1ccc2nccc(CCCC3CCN(CCCc4ccsc4)CC3CCC(=O)O)c2c1. The zero-order valence-electron chi connectivity index (χ0n) is 20.1.